The number of rotatable bonds is 3. The fourth-order valence-electron chi connectivity index (χ4n) is 2.38. The molecular weight excluding hydrogens is 262 g/mol. The lowest BCUT2D eigenvalue weighted by molar-refractivity contribution is 0.397. The number of hydrogen-bond acceptors (Lipinski definition) is 4. The molecule has 1 aliphatic rings. The van der Waals surface area contributed by atoms with Crippen LogP contribution in [0.3, 0.4) is 0 Å². The van der Waals surface area contributed by atoms with Gasteiger partial charge in [-0.1, -0.05) is 24.3 Å². The number of anilines is 1. The first-order valence-corrected chi connectivity index (χ1v) is 6.57. The molecule has 0 saturated carbocycles. The van der Waals surface area contributed by atoms with Crippen molar-refractivity contribution in [3.05, 3.63) is 47.7 Å². The summed E-state index contributed by atoms with van der Waals surface area (Å²) in [5.41, 5.74) is 2.50. The molecule has 1 aromatic heterocycles. The number of benzene rings is 1. The zero-order valence-corrected chi connectivity index (χ0v) is 11.3. The van der Waals surface area contributed by atoms with Crippen LogP contribution in [0.2, 0.25) is 0 Å². The molecule has 0 bridgehead atoms. The minimum atomic E-state index is 0.00667. The summed E-state index contributed by atoms with van der Waals surface area (Å²) >= 11 is 6.42. The fourth-order valence-corrected chi connectivity index (χ4v) is 2.74. The standard InChI is InChI=1S/C14H14ClN3O/c1-19-12-6-7-16-14(17-12)18-13-10-5-3-2-4-9(10)8-11(13)15/h2-7,11,13H,8H2,1H3,(H,16,17,18). The van der Waals surface area contributed by atoms with E-state index in [0.29, 0.717) is 11.8 Å². The summed E-state index contributed by atoms with van der Waals surface area (Å²) in [6, 6.07) is 10.0. The third-order valence-electron chi connectivity index (χ3n) is 3.29. The van der Waals surface area contributed by atoms with Crippen molar-refractivity contribution in [2.45, 2.75) is 17.8 Å². The second-order valence-corrected chi connectivity index (χ2v) is 5.02. The zero-order valence-electron chi connectivity index (χ0n) is 10.5. The third kappa shape index (κ3) is 2.36. The van der Waals surface area contributed by atoms with Crippen LogP contribution >= 0.6 is 11.6 Å². The van der Waals surface area contributed by atoms with E-state index in [1.54, 1.807) is 19.4 Å². The topological polar surface area (TPSA) is 47.0 Å². The lowest BCUT2D eigenvalue weighted by atomic mass is 10.1. The van der Waals surface area contributed by atoms with Crippen LogP contribution in [0.1, 0.15) is 17.2 Å². The molecule has 0 spiro atoms. The molecular formula is C14H14ClN3O. The number of methoxy groups -OCH3 is 1. The SMILES string of the molecule is COc1ccnc(NC2c3ccccc3CC2Cl)n1. The van der Waals surface area contributed by atoms with Gasteiger partial charge in [-0.25, -0.2) is 4.98 Å². The monoisotopic (exact) mass is 275 g/mol. The molecule has 2 unspecified atom stereocenters. The summed E-state index contributed by atoms with van der Waals surface area (Å²) in [6.45, 7) is 0. The minimum Gasteiger partial charge on any atom is -0.481 e. The highest BCUT2D eigenvalue weighted by Gasteiger charge is 2.31. The first kappa shape index (κ1) is 12.2. The van der Waals surface area contributed by atoms with Crippen molar-refractivity contribution in [1.29, 1.82) is 0 Å². The predicted molar refractivity (Wildman–Crippen MR) is 74.7 cm³/mol. The van der Waals surface area contributed by atoms with Gasteiger partial charge in [0, 0.05) is 12.3 Å². The molecule has 2 aromatic rings. The van der Waals surface area contributed by atoms with Crippen molar-refractivity contribution in [1.82, 2.24) is 9.97 Å². The van der Waals surface area contributed by atoms with Crippen LogP contribution in [0.5, 0.6) is 5.88 Å². The maximum atomic E-state index is 6.42. The van der Waals surface area contributed by atoms with Crippen molar-refractivity contribution >= 4 is 17.5 Å². The minimum absolute atomic E-state index is 0.00667. The van der Waals surface area contributed by atoms with E-state index in [1.807, 2.05) is 12.1 Å². The van der Waals surface area contributed by atoms with Gasteiger partial charge in [-0.05, 0) is 17.5 Å². The van der Waals surface area contributed by atoms with Crippen molar-refractivity contribution < 1.29 is 4.74 Å². The maximum absolute atomic E-state index is 6.42. The Kier molecular flexibility index (Phi) is 3.25. The molecule has 3 rings (SSSR count). The number of hydrogen-bond donors (Lipinski definition) is 1. The highest BCUT2D eigenvalue weighted by molar-refractivity contribution is 6.21. The zero-order chi connectivity index (χ0) is 13.2. The number of alkyl halides is 1. The Labute approximate surface area is 116 Å². The molecule has 1 aliphatic carbocycles. The molecule has 0 aliphatic heterocycles. The molecule has 1 heterocycles. The summed E-state index contributed by atoms with van der Waals surface area (Å²) in [5, 5.41) is 3.29. The predicted octanol–water partition coefficient (Wildman–Crippen LogP) is 2.80. The number of aromatic nitrogens is 2. The van der Waals surface area contributed by atoms with E-state index < -0.39 is 0 Å². The van der Waals surface area contributed by atoms with Crippen molar-refractivity contribution in [2.75, 3.05) is 12.4 Å². The van der Waals surface area contributed by atoms with Gasteiger partial charge in [-0.15, -0.1) is 11.6 Å². The van der Waals surface area contributed by atoms with E-state index in [-0.39, 0.29) is 11.4 Å². The molecule has 0 radical (unpaired) electrons. The summed E-state index contributed by atoms with van der Waals surface area (Å²) < 4.78 is 5.09. The van der Waals surface area contributed by atoms with Crippen LogP contribution in [0.4, 0.5) is 5.95 Å². The van der Waals surface area contributed by atoms with Crippen LogP contribution in [0.15, 0.2) is 36.5 Å². The molecule has 0 saturated heterocycles. The van der Waals surface area contributed by atoms with Gasteiger partial charge in [0.05, 0.1) is 18.5 Å². The fraction of sp³-hybridized carbons (Fsp3) is 0.286. The first-order chi connectivity index (χ1) is 9.28. The molecule has 4 nitrogen and oxygen atoms in total. The number of halogens is 1. The summed E-state index contributed by atoms with van der Waals surface area (Å²) in [4.78, 5) is 8.46. The van der Waals surface area contributed by atoms with Gasteiger partial charge in [-0.2, -0.15) is 4.98 Å². The molecule has 0 fully saturated rings. The quantitative estimate of drug-likeness (QED) is 0.875. The number of nitrogens with one attached hydrogen (secondary N) is 1. The van der Waals surface area contributed by atoms with Gasteiger partial charge in [0.25, 0.3) is 0 Å². The van der Waals surface area contributed by atoms with Gasteiger partial charge in [0.15, 0.2) is 0 Å². The Morgan fingerprint density at radius 3 is 3.00 bits per heavy atom. The van der Waals surface area contributed by atoms with Crippen LogP contribution in [0.25, 0.3) is 0 Å². The van der Waals surface area contributed by atoms with E-state index in [1.165, 1.54) is 11.1 Å². The smallest absolute Gasteiger partial charge is 0.226 e. The lowest BCUT2D eigenvalue weighted by Crippen LogP contribution is -2.18. The second kappa shape index (κ2) is 5.05. The van der Waals surface area contributed by atoms with Gasteiger partial charge >= 0.3 is 0 Å². The number of ether oxygens (including phenoxy) is 1. The largest absolute Gasteiger partial charge is 0.481 e. The van der Waals surface area contributed by atoms with Gasteiger partial charge in [0.1, 0.15) is 0 Å². The highest BCUT2D eigenvalue weighted by Crippen LogP contribution is 2.36. The van der Waals surface area contributed by atoms with Crippen LogP contribution < -0.4 is 10.1 Å². The van der Waals surface area contributed by atoms with Crippen LogP contribution in [0, 0.1) is 0 Å². The van der Waals surface area contributed by atoms with E-state index in [9.17, 15) is 0 Å². The Morgan fingerprint density at radius 2 is 2.16 bits per heavy atom. The van der Waals surface area contributed by atoms with Crippen molar-refractivity contribution in [3.8, 4) is 5.88 Å². The van der Waals surface area contributed by atoms with E-state index >= 15 is 0 Å². The number of nitrogens with zero attached hydrogens (tertiary/aromatic N) is 2. The van der Waals surface area contributed by atoms with E-state index in [0.717, 1.165) is 6.42 Å². The average molecular weight is 276 g/mol. The van der Waals surface area contributed by atoms with Gasteiger partial charge < -0.3 is 10.1 Å². The summed E-state index contributed by atoms with van der Waals surface area (Å²) in [6.07, 6.45) is 2.53. The first-order valence-electron chi connectivity index (χ1n) is 6.13. The normalized spacial score (nSPS) is 20.9. The Bertz CT molecular complexity index is 590. The molecule has 5 heteroatoms. The maximum Gasteiger partial charge on any atom is 0.226 e. The molecule has 1 N–H and O–H groups in total. The van der Waals surface area contributed by atoms with Crippen molar-refractivity contribution in [2.24, 2.45) is 0 Å². The highest BCUT2D eigenvalue weighted by atomic mass is 35.5. The number of fused-ring (bicyclic) bond motifs is 1. The molecule has 1 aromatic carbocycles. The Balaban J connectivity index is 1.87. The van der Waals surface area contributed by atoms with E-state index in [2.05, 4.69) is 27.4 Å². The van der Waals surface area contributed by atoms with Crippen LogP contribution in [-0.4, -0.2) is 22.5 Å². The van der Waals surface area contributed by atoms with E-state index in [4.69, 9.17) is 16.3 Å². The average Bonchev–Trinajstić information content (AvgIpc) is 2.76. The molecule has 19 heavy (non-hydrogen) atoms. The third-order valence-corrected chi connectivity index (χ3v) is 3.70. The molecule has 0 amide bonds. The Hall–Kier alpha value is -1.81. The van der Waals surface area contributed by atoms with Crippen LogP contribution in [-0.2, 0) is 6.42 Å². The molecule has 98 valence electrons. The van der Waals surface area contributed by atoms with Gasteiger partial charge in [0.2, 0.25) is 11.8 Å². The van der Waals surface area contributed by atoms with Gasteiger partial charge in [-0.3, -0.25) is 0 Å². The summed E-state index contributed by atoms with van der Waals surface area (Å²) in [5.74, 6) is 1.07. The Morgan fingerprint density at radius 1 is 1.32 bits per heavy atom. The second-order valence-electron chi connectivity index (χ2n) is 4.46. The lowest BCUT2D eigenvalue weighted by Gasteiger charge is -2.17. The van der Waals surface area contributed by atoms with Crippen molar-refractivity contribution in [3.63, 3.8) is 0 Å². The molecule has 2 atom stereocenters. The summed E-state index contributed by atoms with van der Waals surface area (Å²) in [7, 11) is 1.58.